The van der Waals surface area contributed by atoms with Crippen molar-refractivity contribution < 1.29 is 23.1 Å². The average Bonchev–Trinajstić information content (AvgIpc) is 3.50. The molecule has 0 saturated heterocycles. The molecule has 1 aliphatic rings. The number of aryl methyl sites for hydroxylation is 2. The molecule has 4 rings (SSSR count). The van der Waals surface area contributed by atoms with Crippen molar-refractivity contribution >= 4 is 16.9 Å². The van der Waals surface area contributed by atoms with E-state index in [1.54, 1.807) is 30.3 Å². The zero-order chi connectivity index (χ0) is 21.7. The van der Waals surface area contributed by atoms with Crippen molar-refractivity contribution in [2.24, 2.45) is 7.05 Å². The highest BCUT2D eigenvalue weighted by atomic mass is 19.4. The molecule has 1 aromatic heterocycles. The lowest BCUT2D eigenvalue weighted by Crippen LogP contribution is -2.32. The van der Waals surface area contributed by atoms with Crippen LogP contribution in [0.15, 0.2) is 53.3 Å². The van der Waals surface area contributed by atoms with Crippen molar-refractivity contribution in [3.63, 3.8) is 0 Å². The highest BCUT2D eigenvalue weighted by Crippen LogP contribution is 2.56. The number of pyridine rings is 1. The molecule has 30 heavy (non-hydrogen) atoms. The molecule has 1 fully saturated rings. The fraction of sp³-hybridized carbons (Fsp3) is 0.304. The molecule has 1 N–H and O–H groups in total. The summed E-state index contributed by atoms with van der Waals surface area (Å²) >= 11 is 0. The Hall–Kier alpha value is -3.09. The number of aromatic nitrogens is 1. The second kappa shape index (κ2) is 7.00. The molecule has 0 aliphatic heterocycles. The van der Waals surface area contributed by atoms with Crippen LogP contribution in [0.2, 0.25) is 0 Å². The molecule has 156 valence electrons. The van der Waals surface area contributed by atoms with E-state index in [1.807, 2.05) is 0 Å². The summed E-state index contributed by atoms with van der Waals surface area (Å²) in [4.78, 5) is 24.1. The third-order valence-corrected chi connectivity index (χ3v) is 5.92. The van der Waals surface area contributed by atoms with Crippen LogP contribution >= 0.6 is 0 Å². The fourth-order valence-electron chi connectivity index (χ4n) is 4.32. The van der Waals surface area contributed by atoms with Crippen molar-refractivity contribution in [2.45, 2.75) is 37.3 Å². The van der Waals surface area contributed by atoms with Crippen LogP contribution in [0.3, 0.4) is 0 Å². The summed E-state index contributed by atoms with van der Waals surface area (Å²) in [6, 6.07) is 13.0. The van der Waals surface area contributed by atoms with E-state index < -0.39 is 28.7 Å². The Morgan fingerprint density at radius 1 is 1.13 bits per heavy atom. The van der Waals surface area contributed by atoms with Gasteiger partial charge in [0.2, 0.25) is 0 Å². The monoisotopic (exact) mass is 415 g/mol. The summed E-state index contributed by atoms with van der Waals surface area (Å²) in [6.07, 6.45) is -3.60. The normalized spacial score (nSPS) is 15.3. The highest BCUT2D eigenvalue weighted by molar-refractivity contribution is 5.85. The van der Waals surface area contributed by atoms with E-state index in [2.05, 4.69) is 0 Å². The number of para-hydroxylation sites is 1. The average molecular weight is 415 g/mol. The molecule has 7 heteroatoms. The first-order valence-electron chi connectivity index (χ1n) is 9.66. The summed E-state index contributed by atoms with van der Waals surface area (Å²) in [6.45, 7) is 0. The number of carboxylic acids is 1. The van der Waals surface area contributed by atoms with Crippen LogP contribution in [0.1, 0.15) is 41.5 Å². The van der Waals surface area contributed by atoms with E-state index in [9.17, 15) is 22.8 Å². The van der Waals surface area contributed by atoms with Crippen LogP contribution < -0.4 is 5.56 Å². The second-order valence-electron chi connectivity index (χ2n) is 7.81. The Morgan fingerprint density at radius 2 is 1.83 bits per heavy atom. The number of benzene rings is 2. The molecule has 3 aromatic rings. The SMILES string of the molecule is Cn1c(=O)c(C2(c3cccc(CCC(=O)O)c3)CC2)c(C(F)(F)F)c2ccccc21. The van der Waals surface area contributed by atoms with Crippen LogP contribution in [-0.2, 0) is 29.9 Å². The van der Waals surface area contributed by atoms with Crippen molar-refractivity contribution in [3.8, 4) is 0 Å². The summed E-state index contributed by atoms with van der Waals surface area (Å²) in [7, 11) is 1.49. The van der Waals surface area contributed by atoms with E-state index in [0.29, 0.717) is 18.4 Å². The van der Waals surface area contributed by atoms with Crippen LogP contribution in [0.25, 0.3) is 10.9 Å². The molecule has 1 heterocycles. The molecular formula is C23H20F3NO3. The minimum atomic E-state index is -4.68. The zero-order valence-corrected chi connectivity index (χ0v) is 16.3. The van der Waals surface area contributed by atoms with Crippen LogP contribution in [0, 0.1) is 0 Å². The molecule has 0 amide bonds. The van der Waals surface area contributed by atoms with Crippen molar-refractivity contribution in [1.82, 2.24) is 4.57 Å². The first-order chi connectivity index (χ1) is 14.1. The number of carboxylic acid groups (broad SMARTS) is 1. The van der Waals surface area contributed by atoms with Crippen LogP contribution in [0.5, 0.6) is 0 Å². The molecule has 0 atom stereocenters. The quantitative estimate of drug-likeness (QED) is 0.660. The van der Waals surface area contributed by atoms with Gasteiger partial charge in [-0.25, -0.2) is 0 Å². The molecule has 1 saturated carbocycles. The van der Waals surface area contributed by atoms with Gasteiger partial charge >= 0.3 is 12.1 Å². The Bertz CT molecular complexity index is 1210. The topological polar surface area (TPSA) is 59.3 Å². The molecule has 0 bridgehead atoms. The van der Waals surface area contributed by atoms with Gasteiger partial charge in [-0.15, -0.1) is 0 Å². The molecule has 0 radical (unpaired) electrons. The van der Waals surface area contributed by atoms with Gasteiger partial charge in [0.25, 0.3) is 5.56 Å². The first kappa shape index (κ1) is 20.2. The molecular weight excluding hydrogens is 395 g/mol. The first-order valence-corrected chi connectivity index (χ1v) is 9.66. The lowest BCUT2D eigenvalue weighted by molar-refractivity contribution is -0.138. The minimum Gasteiger partial charge on any atom is -0.481 e. The van der Waals surface area contributed by atoms with E-state index in [0.717, 1.165) is 5.56 Å². The molecule has 0 unspecified atom stereocenters. The molecule has 2 aromatic carbocycles. The number of aliphatic carboxylic acids is 1. The maximum atomic E-state index is 14.2. The fourth-order valence-corrected chi connectivity index (χ4v) is 4.32. The summed E-state index contributed by atoms with van der Waals surface area (Å²) < 4.78 is 44.0. The molecule has 4 nitrogen and oxygen atoms in total. The van der Waals surface area contributed by atoms with Gasteiger partial charge in [-0.1, -0.05) is 42.5 Å². The summed E-state index contributed by atoms with van der Waals surface area (Å²) in [5.74, 6) is -0.940. The summed E-state index contributed by atoms with van der Waals surface area (Å²) in [5.41, 5.74) is -1.14. The number of halogens is 3. The van der Waals surface area contributed by atoms with E-state index in [1.165, 1.54) is 29.8 Å². The van der Waals surface area contributed by atoms with Gasteiger partial charge in [0.15, 0.2) is 0 Å². The lowest BCUT2D eigenvalue weighted by Gasteiger charge is -2.24. The van der Waals surface area contributed by atoms with Gasteiger partial charge < -0.3 is 9.67 Å². The van der Waals surface area contributed by atoms with Gasteiger partial charge in [0, 0.05) is 29.8 Å². The Labute approximate surface area is 170 Å². The third-order valence-electron chi connectivity index (χ3n) is 5.92. The number of hydrogen-bond donors (Lipinski definition) is 1. The molecule has 1 aliphatic carbocycles. The van der Waals surface area contributed by atoms with Crippen LogP contribution in [0.4, 0.5) is 13.2 Å². The number of carbonyl (C=O) groups is 1. The Balaban J connectivity index is 1.96. The number of hydrogen-bond acceptors (Lipinski definition) is 2. The van der Waals surface area contributed by atoms with E-state index in [4.69, 9.17) is 5.11 Å². The summed E-state index contributed by atoms with van der Waals surface area (Å²) in [5, 5.41) is 8.93. The van der Waals surface area contributed by atoms with Gasteiger partial charge in [-0.05, 0) is 36.5 Å². The largest absolute Gasteiger partial charge is 0.481 e. The number of alkyl halides is 3. The van der Waals surface area contributed by atoms with Crippen LogP contribution in [-0.4, -0.2) is 15.6 Å². The van der Waals surface area contributed by atoms with Crippen molar-refractivity contribution in [1.29, 1.82) is 0 Å². The predicted molar refractivity (Wildman–Crippen MR) is 107 cm³/mol. The predicted octanol–water partition coefficient (Wildman–Crippen LogP) is 4.65. The van der Waals surface area contributed by atoms with Gasteiger partial charge in [-0.3, -0.25) is 9.59 Å². The second-order valence-corrected chi connectivity index (χ2v) is 7.81. The van der Waals surface area contributed by atoms with Crippen molar-refractivity contribution in [3.05, 3.63) is 81.1 Å². The van der Waals surface area contributed by atoms with Crippen molar-refractivity contribution in [2.75, 3.05) is 0 Å². The smallest absolute Gasteiger partial charge is 0.417 e. The number of fused-ring (bicyclic) bond motifs is 1. The third kappa shape index (κ3) is 3.28. The highest BCUT2D eigenvalue weighted by Gasteiger charge is 2.53. The lowest BCUT2D eigenvalue weighted by atomic mass is 9.83. The number of rotatable bonds is 5. The molecule has 0 spiro atoms. The van der Waals surface area contributed by atoms with Gasteiger partial charge in [0.1, 0.15) is 0 Å². The zero-order valence-electron chi connectivity index (χ0n) is 16.3. The Kier molecular flexibility index (Phi) is 4.71. The van der Waals surface area contributed by atoms with Gasteiger partial charge in [0.05, 0.1) is 11.1 Å². The van der Waals surface area contributed by atoms with E-state index in [-0.39, 0.29) is 29.3 Å². The standard InChI is InChI=1S/C23H20F3NO3/c1-27-17-8-3-2-7-16(17)19(23(24,25)26)20(21(27)30)22(11-12-22)15-6-4-5-14(13-15)9-10-18(28)29/h2-8,13H,9-12H2,1H3,(H,28,29). The van der Waals surface area contributed by atoms with Gasteiger partial charge in [-0.2, -0.15) is 13.2 Å². The number of nitrogens with zero attached hydrogens (tertiary/aromatic N) is 1. The maximum Gasteiger partial charge on any atom is 0.417 e. The van der Waals surface area contributed by atoms with E-state index >= 15 is 0 Å². The maximum absolute atomic E-state index is 14.2. The minimum absolute atomic E-state index is 0.00964. The Morgan fingerprint density at radius 3 is 2.47 bits per heavy atom.